The summed E-state index contributed by atoms with van der Waals surface area (Å²) in [6.45, 7) is 5.58. The zero-order chi connectivity index (χ0) is 27.8. The number of nitrogens with zero attached hydrogens (tertiary/aromatic N) is 6. The lowest BCUT2D eigenvalue weighted by atomic mass is 9.66. The first-order chi connectivity index (χ1) is 19.4. The number of benzene rings is 1. The van der Waals surface area contributed by atoms with Crippen LogP contribution < -0.4 is 5.32 Å². The molecule has 212 valence electrons. The lowest BCUT2D eigenvalue weighted by Crippen LogP contribution is -2.62. The number of oxime groups is 1. The molecule has 11 heteroatoms. The number of carbonyl (C=O) groups excluding carboxylic acids is 2. The average Bonchev–Trinajstić information content (AvgIpc) is 2.99. The van der Waals surface area contributed by atoms with Crippen molar-refractivity contribution in [1.29, 1.82) is 0 Å². The summed E-state index contributed by atoms with van der Waals surface area (Å²) in [5.74, 6) is 0.940. The van der Waals surface area contributed by atoms with Gasteiger partial charge in [0, 0.05) is 57.4 Å². The largest absolute Gasteiger partial charge is 0.399 e. The Morgan fingerprint density at radius 1 is 1.07 bits per heavy atom. The maximum atomic E-state index is 13.4. The van der Waals surface area contributed by atoms with E-state index in [1.165, 1.54) is 24.6 Å². The highest BCUT2D eigenvalue weighted by atomic mass is 16.6. The highest BCUT2D eigenvalue weighted by Crippen LogP contribution is 2.41. The van der Waals surface area contributed by atoms with Gasteiger partial charge in [0.25, 0.3) is 11.8 Å². The van der Waals surface area contributed by atoms with Crippen LogP contribution in [-0.4, -0.2) is 105 Å². The lowest BCUT2D eigenvalue weighted by molar-refractivity contribution is -0.131. The van der Waals surface area contributed by atoms with Crippen LogP contribution >= 0.6 is 0 Å². The molecule has 2 unspecified atom stereocenters. The summed E-state index contributed by atoms with van der Waals surface area (Å²) in [5, 5.41) is 18.3. The highest BCUT2D eigenvalue weighted by molar-refractivity contribution is 6.37. The monoisotopic (exact) mass is 547 g/mol. The van der Waals surface area contributed by atoms with Gasteiger partial charge in [-0.1, -0.05) is 29.4 Å². The van der Waals surface area contributed by atoms with Gasteiger partial charge >= 0.3 is 0 Å². The van der Waals surface area contributed by atoms with Crippen molar-refractivity contribution in [3.63, 3.8) is 0 Å². The van der Waals surface area contributed by atoms with Crippen molar-refractivity contribution in [2.45, 2.75) is 50.9 Å². The van der Waals surface area contributed by atoms with E-state index in [4.69, 9.17) is 4.84 Å². The zero-order valence-corrected chi connectivity index (χ0v) is 23.1. The molecule has 2 amide bonds. The maximum Gasteiger partial charge on any atom is 0.272 e. The first-order valence-corrected chi connectivity index (χ1v) is 14.1. The molecule has 5 aliphatic rings. The Bertz CT molecular complexity index is 1290. The molecule has 7 rings (SSSR count). The van der Waals surface area contributed by atoms with E-state index in [1.54, 1.807) is 17.9 Å². The molecule has 2 bridgehead atoms. The normalized spacial score (nSPS) is 28.4. The van der Waals surface area contributed by atoms with Crippen LogP contribution in [-0.2, 0) is 22.6 Å². The van der Waals surface area contributed by atoms with Crippen molar-refractivity contribution < 1.29 is 19.5 Å². The van der Waals surface area contributed by atoms with Crippen molar-refractivity contribution >= 4 is 23.3 Å². The Hall–Kier alpha value is -3.57. The molecule has 1 aromatic carbocycles. The molecule has 3 saturated heterocycles. The number of piperidine rings is 3. The predicted molar refractivity (Wildman–Crippen MR) is 149 cm³/mol. The fourth-order valence-electron chi connectivity index (χ4n) is 6.91. The van der Waals surface area contributed by atoms with Gasteiger partial charge < -0.3 is 25.1 Å². The number of rotatable bonds is 6. The minimum absolute atomic E-state index is 0.0362. The smallest absolute Gasteiger partial charge is 0.272 e. The van der Waals surface area contributed by atoms with Gasteiger partial charge in [0.2, 0.25) is 0 Å². The van der Waals surface area contributed by atoms with Gasteiger partial charge in [-0.25, -0.2) is 9.97 Å². The molecule has 11 nitrogen and oxygen atoms in total. The number of aliphatic hydroxyl groups is 1. The Labute approximate surface area is 234 Å². The molecule has 1 aliphatic carbocycles. The van der Waals surface area contributed by atoms with Crippen molar-refractivity contribution in [2.24, 2.45) is 17.0 Å². The van der Waals surface area contributed by atoms with Gasteiger partial charge in [-0.05, 0) is 49.1 Å². The number of hydrogen-bond acceptors (Lipinski definition) is 9. The molecule has 1 saturated carbocycles. The van der Waals surface area contributed by atoms with Gasteiger partial charge in [-0.2, -0.15) is 0 Å². The summed E-state index contributed by atoms with van der Waals surface area (Å²) in [7, 11) is 1.43. The second-order valence-corrected chi connectivity index (χ2v) is 11.4. The van der Waals surface area contributed by atoms with Gasteiger partial charge in [-0.3, -0.25) is 14.5 Å². The lowest BCUT2D eigenvalue weighted by Gasteiger charge is -2.53. The standard InChI is InChI=1S/C29H37N7O4/c1-18(33-40-2)28(38)36-14-21-11-22(15-36)27(21)32-26-12-23(30-17-31-26)29(39)35-10-8-24(25(37)16-35)34-9-7-19-5-3-4-6-20(19)13-34/h3-6,12,17,21-22,24-25,27,37H,7-11,13-16H2,1-2H3,(H,30,31,32)/b33-18-/t21?,22?,24-,25-,27?/m1/s1. The molecular formula is C29H37N7O4. The second-order valence-electron chi connectivity index (χ2n) is 11.4. The molecule has 1 aromatic heterocycles. The third-order valence-electron chi connectivity index (χ3n) is 9.02. The molecule has 2 aromatic rings. The van der Waals surface area contributed by atoms with Crippen molar-refractivity contribution in [1.82, 2.24) is 24.7 Å². The van der Waals surface area contributed by atoms with E-state index in [1.807, 2.05) is 4.90 Å². The van der Waals surface area contributed by atoms with E-state index < -0.39 is 6.10 Å². The number of anilines is 1. The first-order valence-electron chi connectivity index (χ1n) is 14.1. The number of carbonyl (C=O) groups is 2. The zero-order valence-electron chi connectivity index (χ0n) is 23.1. The number of β-amino-alcohol motifs (C(OH)–C–C–N with tert-alkyl or cyclic N) is 1. The van der Waals surface area contributed by atoms with Gasteiger partial charge in [-0.15, -0.1) is 0 Å². The molecule has 0 spiro atoms. The third-order valence-corrected chi connectivity index (χ3v) is 9.02. The predicted octanol–water partition coefficient (Wildman–Crippen LogP) is 1.39. The third kappa shape index (κ3) is 5.15. The number of fused-ring (bicyclic) bond motifs is 3. The van der Waals surface area contributed by atoms with Crippen LogP contribution in [0.3, 0.4) is 0 Å². The van der Waals surface area contributed by atoms with E-state index in [2.05, 4.69) is 49.6 Å². The molecule has 4 fully saturated rings. The number of amides is 2. The van der Waals surface area contributed by atoms with Crippen molar-refractivity contribution in [3.05, 3.63) is 53.5 Å². The quantitative estimate of drug-likeness (QED) is 0.411. The summed E-state index contributed by atoms with van der Waals surface area (Å²) in [6.07, 6.45) is 3.56. The number of aliphatic hydroxyl groups excluding tert-OH is 1. The second kappa shape index (κ2) is 11.1. The molecule has 2 N–H and O–H groups in total. The van der Waals surface area contributed by atoms with Crippen LogP contribution in [0, 0.1) is 11.8 Å². The number of hydrogen-bond donors (Lipinski definition) is 2. The number of nitrogens with one attached hydrogen (secondary N) is 1. The average molecular weight is 548 g/mol. The Kier molecular flexibility index (Phi) is 7.41. The summed E-state index contributed by atoms with van der Waals surface area (Å²) in [5.41, 5.74) is 3.38. The number of aromatic nitrogens is 2. The van der Waals surface area contributed by atoms with Gasteiger partial charge in [0.1, 0.15) is 30.7 Å². The minimum atomic E-state index is -0.611. The fourth-order valence-corrected chi connectivity index (χ4v) is 6.91. The van der Waals surface area contributed by atoms with E-state index in [9.17, 15) is 14.7 Å². The Morgan fingerprint density at radius 3 is 2.60 bits per heavy atom. The molecule has 4 atom stereocenters. The van der Waals surface area contributed by atoms with E-state index >= 15 is 0 Å². The van der Waals surface area contributed by atoms with E-state index in [0.717, 1.165) is 32.4 Å². The van der Waals surface area contributed by atoms with Crippen LogP contribution in [0.5, 0.6) is 0 Å². The summed E-state index contributed by atoms with van der Waals surface area (Å²) >= 11 is 0. The van der Waals surface area contributed by atoms with E-state index in [0.29, 0.717) is 48.7 Å². The SMILES string of the molecule is CO/N=C(/C)C(=O)N1CC2CC(C1)C2Nc1cc(C(=O)N2CC[C@@H](N3CCc4ccccc4C3)[C@H](O)C2)ncn1. The molecular weight excluding hydrogens is 510 g/mol. The summed E-state index contributed by atoms with van der Waals surface area (Å²) < 4.78 is 0. The summed E-state index contributed by atoms with van der Waals surface area (Å²) in [6, 6.07) is 10.4. The molecule has 0 radical (unpaired) electrons. The minimum Gasteiger partial charge on any atom is -0.399 e. The Balaban J connectivity index is 1.04. The number of likely N-dealkylation sites (tertiary alicyclic amines) is 1. The van der Waals surface area contributed by atoms with Crippen LogP contribution in [0.1, 0.15) is 41.4 Å². The summed E-state index contributed by atoms with van der Waals surface area (Å²) in [4.78, 5) is 45.2. The van der Waals surface area contributed by atoms with Gasteiger partial charge in [0.05, 0.1) is 6.10 Å². The highest BCUT2D eigenvalue weighted by Gasteiger charge is 2.48. The van der Waals surface area contributed by atoms with Crippen LogP contribution in [0.25, 0.3) is 0 Å². The maximum absolute atomic E-state index is 13.4. The van der Waals surface area contributed by atoms with Crippen LogP contribution in [0.4, 0.5) is 5.82 Å². The molecule has 5 heterocycles. The van der Waals surface area contributed by atoms with Crippen LogP contribution in [0.2, 0.25) is 0 Å². The fraction of sp³-hybridized carbons (Fsp3) is 0.552. The van der Waals surface area contributed by atoms with Crippen molar-refractivity contribution in [2.75, 3.05) is 45.2 Å². The Morgan fingerprint density at radius 2 is 1.85 bits per heavy atom. The van der Waals surface area contributed by atoms with Crippen molar-refractivity contribution in [3.8, 4) is 0 Å². The topological polar surface area (TPSA) is 123 Å². The molecule has 4 aliphatic heterocycles. The first kappa shape index (κ1) is 26.6. The van der Waals surface area contributed by atoms with E-state index in [-0.39, 0.29) is 30.4 Å². The van der Waals surface area contributed by atoms with Crippen LogP contribution in [0.15, 0.2) is 41.8 Å². The molecule has 40 heavy (non-hydrogen) atoms. The van der Waals surface area contributed by atoms with Gasteiger partial charge in [0.15, 0.2) is 0 Å².